The lowest BCUT2D eigenvalue weighted by Crippen LogP contribution is -2.44. The molecule has 3 rings (SSSR count). The molecular formula is C23H20F2N2O4. The number of carbonyl (C=O) groups is 2. The van der Waals surface area contributed by atoms with Crippen molar-refractivity contribution in [2.24, 2.45) is 0 Å². The minimum absolute atomic E-state index is 0.141. The monoisotopic (exact) mass is 426 g/mol. The van der Waals surface area contributed by atoms with E-state index in [1.54, 1.807) is 12.1 Å². The summed E-state index contributed by atoms with van der Waals surface area (Å²) in [6, 6.07) is 22.6. The van der Waals surface area contributed by atoms with Gasteiger partial charge in [0, 0.05) is 6.42 Å². The highest BCUT2D eigenvalue weighted by Gasteiger charge is 2.16. The summed E-state index contributed by atoms with van der Waals surface area (Å²) in [4.78, 5) is 24.3. The summed E-state index contributed by atoms with van der Waals surface area (Å²) in [5.74, 6) is -1.16. The molecule has 31 heavy (non-hydrogen) atoms. The lowest BCUT2D eigenvalue weighted by atomic mass is 10.0. The Morgan fingerprint density at radius 1 is 0.806 bits per heavy atom. The van der Waals surface area contributed by atoms with Crippen molar-refractivity contribution in [1.29, 1.82) is 0 Å². The van der Waals surface area contributed by atoms with Gasteiger partial charge in [-0.25, -0.2) is 0 Å². The first-order valence-electron chi connectivity index (χ1n) is 9.40. The summed E-state index contributed by atoms with van der Waals surface area (Å²) < 4.78 is 34.8. The average molecular weight is 426 g/mol. The molecule has 0 bridgehead atoms. The van der Waals surface area contributed by atoms with Crippen molar-refractivity contribution in [3.05, 3.63) is 95.6 Å². The van der Waals surface area contributed by atoms with E-state index in [1.807, 2.05) is 42.5 Å². The summed E-state index contributed by atoms with van der Waals surface area (Å²) in [7, 11) is 0. The van der Waals surface area contributed by atoms with Gasteiger partial charge in [-0.15, -0.1) is 0 Å². The van der Waals surface area contributed by atoms with Gasteiger partial charge in [0.25, 0.3) is 11.8 Å². The van der Waals surface area contributed by atoms with Crippen molar-refractivity contribution < 1.29 is 27.8 Å². The van der Waals surface area contributed by atoms with Gasteiger partial charge in [0.15, 0.2) is 6.61 Å². The van der Waals surface area contributed by atoms with Crippen molar-refractivity contribution in [3.8, 4) is 11.5 Å². The second kappa shape index (κ2) is 10.7. The quantitative estimate of drug-likeness (QED) is 0.539. The van der Waals surface area contributed by atoms with Gasteiger partial charge in [0.05, 0.1) is 5.56 Å². The van der Waals surface area contributed by atoms with Crippen LogP contribution in [0.5, 0.6) is 11.5 Å². The molecule has 0 aliphatic heterocycles. The van der Waals surface area contributed by atoms with Crippen molar-refractivity contribution in [2.45, 2.75) is 13.0 Å². The van der Waals surface area contributed by atoms with Crippen LogP contribution in [0.1, 0.15) is 21.5 Å². The molecular weight excluding hydrogens is 406 g/mol. The number of rotatable bonds is 8. The maximum absolute atomic E-state index is 12.5. The standard InChI is InChI=1S/C23H20F2N2O4/c24-23(25)31-20-13-7-5-11-18(20)22(29)27-26-21(28)15-30-19-12-6-4-10-17(19)14-16-8-2-1-3-9-16/h1-13,23H,14-15H2,(H,26,28)(H,27,29). The van der Waals surface area contributed by atoms with Gasteiger partial charge in [0.1, 0.15) is 11.5 Å². The van der Waals surface area contributed by atoms with Crippen LogP contribution >= 0.6 is 0 Å². The van der Waals surface area contributed by atoms with Crippen LogP contribution in [0.4, 0.5) is 8.78 Å². The third kappa shape index (κ3) is 6.53. The molecule has 0 fully saturated rings. The van der Waals surface area contributed by atoms with E-state index in [4.69, 9.17) is 4.74 Å². The smallest absolute Gasteiger partial charge is 0.387 e. The van der Waals surface area contributed by atoms with Crippen LogP contribution in [0.2, 0.25) is 0 Å². The first-order valence-corrected chi connectivity index (χ1v) is 9.40. The molecule has 3 aromatic rings. The minimum atomic E-state index is -3.08. The molecule has 0 saturated carbocycles. The second-order valence-corrected chi connectivity index (χ2v) is 6.44. The van der Waals surface area contributed by atoms with Crippen molar-refractivity contribution >= 4 is 11.8 Å². The van der Waals surface area contributed by atoms with Crippen molar-refractivity contribution in [2.75, 3.05) is 6.61 Å². The van der Waals surface area contributed by atoms with E-state index in [9.17, 15) is 18.4 Å². The zero-order valence-electron chi connectivity index (χ0n) is 16.4. The van der Waals surface area contributed by atoms with Crippen molar-refractivity contribution in [1.82, 2.24) is 10.9 Å². The maximum Gasteiger partial charge on any atom is 0.387 e. The Morgan fingerprint density at radius 2 is 1.45 bits per heavy atom. The summed E-state index contributed by atoms with van der Waals surface area (Å²) >= 11 is 0. The second-order valence-electron chi connectivity index (χ2n) is 6.44. The molecule has 6 nitrogen and oxygen atoms in total. The SMILES string of the molecule is O=C(COc1ccccc1Cc1ccccc1)NNC(=O)c1ccccc1OC(F)F. The first-order chi connectivity index (χ1) is 15.0. The molecule has 0 atom stereocenters. The summed E-state index contributed by atoms with van der Waals surface area (Å²) in [6.45, 7) is -3.42. The summed E-state index contributed by atoms with van der Waals surface area (Å²) in [6.07, 6.45) is 0.635. The molecule has 3 aromatic carbocycles. The fourth-order valence-electron chi connectivity index (χ4n) is 2.83. The number of carbonyl (C=O) groups excluding carboxylic acids is 2. The molecule has 0 spiro atoms. The number of ether oxygens (including phenoxy) is 2. The highest BCUT2D eigenvalue weighted by molar-refractivity contribution is 5.97. The molecule has 0 heterocycles. The zero-order chi connectivity index (χ0) is 22.1. The number of hydrogen-bond donors (Lipinski definition) is 2. The largest absolute Gasteiger partial charge is 0.483 e. The molecule has 8 heteroatoms. The fourth-order valence-corrected chi connectivity index (χ4v) is 2.83. The van der Waals surface area contributed by atoms with Gasteiger partial charge in [-0.1, -0.05) is 60.7 Å². The number of benzene rings is 3. The van der Waals surface area contributed by atoms with Crippen LogP contribution in [0.15, 0.2) is 78.9 Å². The van der Waals surface area contributed by atoms with E-state index in [-0.39, 0.29) is 17.9 Å². The Bertz CT molecular complexity index is 1030. The van der Waals surface area contributed by atoms with Crippen LogP contribution < -0.4 is 20.3 Å². The minimum Gasteiger partial charge on any atom is -0.483 e. The summed E-state index contributed by atoms with van der Waals surface area (Å²) in [5, 5.41) is 0. The number of amides is 2. The van der Waals surface area contributed by atoms with Gasteiger partial charge in [0.2, 0.25) is 0 Å². The highest BCUT2D eigenvalue weighted by Crippen LogP contribution is 2.22. The van der Waals surface area contributed by atoms with Gasteiger partial charge in [-0.3, -0.25) is 20.4 Å². The van der Waals surface area contributed by atoms with E-state index in [1.165, 1.54) is 24.3 Å². The fraction of sp³-hybridized carbons (Fsp3) is 0.130. The number of para-hydroxylation sites is 2. The van der Waals surface area contributed by atoms with Gasteiger partial charge in [-0.05, 0) is 29.3 Å². The Labute approximate surface area is 177 Å². The Hall–Kier alpha value is -3.94. The van der Waals surface area contributed by atoms with Gasteiger partial charge >= 0.3 is 6.61 Å². The predicted octanol–water partition coefficient (Wildman–Crippen LogP) is 3.72. The number of hydrogen-bond acceptors (Lipinski definition) is 4. The normalized spacial score (nSPS) is 10.4. The van der Waals surface area contributed by atoms with Crippen LogP contribution in [-0.4, -0.2) is 25.0 Å². The van der Waals surface area contributed by atoms with E-state index < -0.39 is 18.4 Å². The highest BCUT2D eigenvalue weighted by atomic mass is 19.3. The van der Waals surface area contributed by atoms with Crippen molar-refractivity contribution in [3.63, 3.8) is 0 Å². The maximum atomic E-state index is 12.5. The van der Waals surface area contributed by atoms with E-state index in [2.05, 4.69) is 15.6 Å². The lowest BCUT2D eigenvalue weighted by Gasteiger charge is -2.13. The van der Waals surface area contributed by atoms with E-state index in [0.29, 0.717) is 12.2 Å². The summed E-state index contributed by atoms with van der Waals surface area (Å²) in [5.41, 5.74) is 6.22. The molecule has 160 valence electrons. The molecule has 0 aliphatic carbocycles. The van der Waals surface area contributed by atoms with Gasteiger partial charge in [-0.2, -0.15) is 8.78 Å². The van der Waals surface area contributed by atoms with Gasteiger partial charge < -0.3 is 9.47 Å². The van der Waals surface area contributed by atoms with E-state index >= 15 is 0 Å². The third-order valence-electron chi connectivity index (χ3n) is 4.23. The first kappa shape index (κ1) is 21.8. The predicted molar refractivity (Wildman–Crippen MR) is 110 cm³/mol. The molecule has 0 aromatic heterocycles. The number of alkyl halides is 2. The molecule has 2 amide bonds. The Morgan fingerprint density at radius 3 is 2.19 bits per heavy atom. The Kier molecular flexibility index (Phi) is 7.53. The topological polar surface area (TPSA) is 76.7 Å². The molecule has 0 saturated heterocycles. The van der Waals surface area contributed by atoms with Crippen LogP contribution in [0.3, 0.4) is 0 Å². The average Bonchev–Trinajstić information content (AvgIpc) is 2.77. The molecule has 0 aliphatic rings. The Balaban J connectivity index is 1.54. The number of halogens is 2. The van der Waals surface area contributed by atoms with Crippen LogP contribution in [0, 0.1) is 0 Å². The number of nitrogens with one attached hydrogen (secondary N) is 2. The van der Waals surface area contributed by atoms with Crippen LogP contribution in [0.25, 0.3) is 0 Å². The lowest BCUT2D eigenvalue weighted by molar-refractivity contribution is -0.123. The van der Waals surface area contributed by atoms with E-state index in [0.717, 1.165) is 11.1 Å². The molecule has 2 N–H and O–H groups in total. The molecule has 0 radical (unpaired) electrons. The molecule has 0 unspecified atom stereocenters. The van der Waals surface area contributed by atoms with Crippen LogP contribution in [-0.2, 0) is 11.2 Å². The zero-order valence-corrected chi connectivity index (χ0v) is 16.4. The number of hydrazine groups is 1. The third-order valence-corrected chi connectivity index (χ3v) is 4.23.